The molecule has 0 spiro atoms. The van der Waals surface area contributed by atoms with E-state index in [9.17, 15) is 8.42 Å². The SMILES string of the molecule is CC(C)(C)S(=O)(=O)CC(N)c1ccc2c(c1)OCO2. The van der Waals surface area contributed by atoms with E-state index in [1.54, 1.807) is 39.0 Å². The number of fused-ring (bicyclic) bond motifs is 1. The second-order valence-corrected chi connectivity index (χ2v) is 8.40. The van der Waals surface area contributed by atoms with Gasteiger partial charge in [-0.2, -0.15) is 0 Å². The van der Waals surface area contributed by atoms with Gasteiger partial charge in [0.25, 0.3) is 0 Å². The minimum absolute atomic E-state index is 0.0872. The van der Waals surface area contributed by atoms with Crippen LogP contribution in [0.3, 0.4) is 0 Å². The molecule has 1 heterocycles. The fourth-order valence-electron chi connectivity index (χ4n) is 1.73. The normalized spacial score (nSPS) is 16.4. The molecule has 0 amide bonds. The molecular weight excluding hydrogens is 266 g/mol. The van der Waals surface area contributed by atoms with Gasteiger partial charge < -0.3 is 15.2 Å². The van der Waals surface area contributed by atoms with Crippen molar-refractivity contribution in [3.05, 3.63) is 23.8 Å². The van der Waals surface area contributed by atoms with Crippen molar-refractivity contribution in [2.24, 2.45) is 5.73 Å². The van der Waals surface area contributed by atoms with Gasteiger partial charge in [-0.3, -0.25) is 0 Å². The van der Waals surface area contributed by atoms with Crippen LogP contribution in [0.4, 0.5) is 0 Å². The van der Waals surface area contributed by atoms with Gasteiger partial charge in [0.1, 0.15) is 0 Å². The summed E-state index contributed by atoms with van der Waals surface area (Å²) in [7, 11) is -3.26. The number of rotatable bonds is 3. The Morgan fingerprint density at radius 2 is 1.89 bits per heavy atom. The molecule has 106 valence electrons. The monoisotopic (exact) mass is 285 g/mol. The van der Waals surface area contributed by atoms with Gasteiger partial charge >= 0.3 is 0 Å². The van der Waals surface area contributed by atoms with E-state index in [2.05, 4.69) is 0 Å². The third-order valence-electron chi connectivity index (χ3n) is 3.16. The summed E-state index contributed by atoms with van der Waals surface area (Å²) >= 11 is 0. The van der Waals surface area contributed by atoms with Crippen molar-refractivity contribution in [2.45, 2.75) is 31.6 Å². The van der Waals surface area contributed by atoms with Gasteiger partial charge in [0, 0.05) is 6.04 Å². The molecule has 1 aliphatic heterocycles. The minimum atomic E-state index is -3.26. The highest BCUT2D eigenvalue weighted by molar-refractivity contribution is 7.92. The maximum Gasteiger partial charge on any atom is 0.231 e. The van der Waals surface area contributed by atoms with E-state index in [1.165, 1.54) is 0 Å². The van der Waals surface area contributed by atoms with Crippen LogP contribution in [0.5, 0.6) is 11.5 Å². The molecule has 0 saturated heterocycles. The van der Waals surface area contributed by atoms with Crippen LogP contribution in [-0.4, -0.2) is 25.7 Å². The summed E-state index contributed by atoms with van der Waals surface area (Å²) in [6.45, 7) is 5.21. The van der Waals surface area contributed by atoms with Crippen molar-refractivity contribution >= 4 is 9.84 Å². The number of hydrogen-bond acceptors (Lipinski definition) is 5. The first-order valence-electron chi connectivity index (χ1n) is 6.08. The smallest absolute Gasteiger partial charge is 0.231 e. The molecule has 1 unspecified atom stereocenters. The third kappa shape index (κ3) is 2.84. The van der Waals surface area contributed by atoms with Crippen LogP contribution in [0, 0.1) is 0 Å². The van der Waals surface area contributed by atoms with Crippen molar-refractivity contribution in [2.75, 3.05) is 12.5 Å². The molecule has 0 radical (unpaired) electrons. The van der Waals surface area contributed by atoms with Crippen LogP contribution < -0.4 is 15.2 Å². The van der Waals surface area contributed by atoms with Crippen LogP contribution in [0.2, 0.25) is 0 Å². The Kier molecular flexibility index (Phi) is 3.49. The molecule has 2 rings (SSSR count). The van der Waals surface area contributed by atoms with Gasteiger partial charge in [-0.15, -0.1) is 0 Å². The topological polar surface area (TPSA) is 78.6 Å². The van der Waals surface area contributed by atoms with Gasteiger partial charge in [-0.05, 0) is 38.5 Å². The lowest BCUT2D eigenvalue weighted by molar-refractivity contribution is 0.174. The van der Waals surface area contributed by atoms with Gasteiger partial charge in [0.05, 0.1) is 10.5 Å². The van der Waals surface area contributed by atoms with Gasteiger partial charge in [-0.25, -0.2) is 8.42 Å². The zero-order valence-corrected chi connectivity index (χ0v) is 12.2. The van der Waals surface area contributed by atoms with E-state index in [0.717, 1.165) is 5.56 Å². The summed E-state index contributed by atoms with van der Waals surface area (Å²) in [5, 5.41) is 0. The average Bonchev–Trinajstić information content (AvgIpc) is 2.73. The summed E-state index contributed by atoms with van der Waals surface area (Å²) in [6.07, 6.45) is 0. The molecule has 0 bridgehead atoms. The summed E-state index contributed by atoms with van der Waals surface area (Å²) < 4.78 is 33.9. The minimum Gasteiger partial charge on any atom is -0.454 e. The second-order valence-electron chi connectivity index (χ2n) is 5.61. The number of ether oxygens (including phenoxy) is 2. The van der Waals surface area contributed by atoms with E-state index in [4.69, 9.17) is 15.2 Å². The van der Waals surface area contributed by atoms with Crippen molar-refractivity contribution in [1.82, 2.24) is 0 Å². The predicted molar refractivity (Wildman–Crippen MR) is 73.0 cm³/mol. The van der Waals surface area contributed by atoms with Crippen LogP contribution in [0.25, 0.3) is 0 Å². The highest BCUT2D eigenvalue weighted by Gasteiger charge is 2.31. The molecule has 1 aromatic rings. The fourth-order valence-corrected chi connectivity index (χ4v) is 2.89. The van der Waals surface area contributed by atoms with E-state index in [0.29, 0.717) is 11.5 Å². The first kappa shape index (κ1) is 14.1. The Morgan fingerprint density at radius 3 is 2.53 bits per heavy atom. The first-order valence-corrected chi connectivity index (χ1v) is 7.73. The maximum absolute atomic E-state index is 12.1. The van der Waals surface area contributed by atoms with Gasteiger partial charge in [-0.1, -0.05) is 6.07 Å². The Hall–Kier alpha value is -1.27. The summed E-state index contributed by atoms with van der Waals surface area (Å²) in [6, 6.07) is 4.70. The standard InChI is InChI=1S/C13H19NO4S/c1-13(2,3)19(15,16)7-10(14)9-4-5-11-12(6-9)18-8-17-11/h4-6,10H,7-8,14H2,1-3H3. The molecule has 1 atom stereocenters. The Labute approximate surface area is 113 Å². The number of sulfone groups is 1. The Balaban J connectivity index is 2.19. The highest BCUT2D eigenvalue weighted by Crippen LogP contribution is 2.34. The number of nitrogens with two attached hydrogens (primary N) is 1. The quantitative estimate of drug-likeness (QED) is 0.913. The zero-order valence-electron chi connectivity index (χ0n) is 11.3. The van der Waals surface area contributed by atoms with Crippen molar-refractivity contribution in [3.8, 4) is 11.5 Å². The maximum atomic E-state index is 12.1. The molecular formula is C13H19NO4S. The molecule has 5 nitrogen and oxygen atoms in total. The van der Waals surface area contributed by atoms with Crippen molar-refractivity contribution in [1.29, 1.82) is 0 Å². The molecule has 2 N–H and O–H groups in total. The molecule has 0 saturated carbocycles. The van der Waals surface area contributed by atoms with Gasteiger partial charge in [0.2, 0.25) is 6.79 Å². The van der Waals surface area contributed by atoms with Crippen molar-refractivity contribution in [3.63, 3.8) is 0 Å². The molecule has 0 fully saturated rings. The lowest BCUT2D eigenvalue weighted by Crippen LogP contribution is -2.34. The lowest BCUT2D eigenvalue weighted by atomic mass is 10.1. The van der Waals surface area contributed by atoms with Crippen molar-refractivity contribution < 1.29 is 17.9 Å². The summed E-state index contributed by atoms with van der Waals surface area (Å²) in [5.74, 6) is 1.19. The molecule has 1 aromatic carbocycles. The van der Waals surface area contributed by atoms with E-state index in [-0.39, 0.29) is 12.5 Å². The number of benzene rings is 1. The molecule has 1 aliphatic rings. The summed E-state index contributed by atoms with van der Waals surface area (Å²) in [5.41, 5.74) is 6.73. The van der Waals surface area contributed by atoms with Crippen LogP contribution in [-0.2, 0) is 9.84 Å². The Bertz CT molecular complexity index is 575. The summed E-state index contributed by atoms with van der Waals surface area (Å²) in [4.78, 5) is 0. The van der Waals surface area contributed by atoms with E-state index < -0.39 is 20.6 Å². The second kappa shape index (κ2) is 4.68. The highest BCUT2D eigenvalue weighted by atomic mass is 32.2. The van der Waals surface area contributed by atoms with E-state index in [1.807, 2.05) is 0 Å². The fraction of sp³-hybridized carbons (Fsp3) is 0.538. The largest absolute Gasteiger partial charge is 0.454 e. The van der Waals surface area contributed by atoms with Crippen LogP contribution >= 0.6 is 0 Å². The third-order valence-corrected chi connectivity index (χ3v) is 5.82. The first-order chi connectivity index (χ1) is 8.71. The Morgan fingerprint density at radius 1 is 1.26 bits per heavy atom. The van der Waals surface area contributed by atoms with Crippen LogP contribution in [0.1, 0.15) is 32.4 Å². The number of hydrogen-bond donors (Lipinski definition) is 1. The zero-order chi connectivity index (χ0) is 14.3. The average molecular weight is 285 g/mol. The molecule has 6 heteroatoms. The molecule has 19 heavy (non-hydrogen) atoms. The molecule has 0 aliphatic carbocycles. The molecule has 0 aromatic heterocycles. The van der Waals surface area contributed by atoms with Gasteiger partial charge in [0.15, 0.2) is 21.3 Å². The van der Waals surface area contributed by atoms with Crippen LogP contribution in [0.15, 0.2) is 18.2 Å². The van der Waals surface area contributed by atoms with E-state index >= 15 is 0 Å². The predicted octanol–water partition coefficient (Wildman–Crippen LogP) is 1.63. The lowest BCUT2D eigenvalue weighted by Gasteiger charge is -2.22.